The van der Waals surface area contributed by atoms with Crippen LogP contribution in [0.5, 0.6) is 11.5 Å². The Morgan fingerprint density at radius 2 is 1.97 bits per heavy atom. The molecular formula is C21H17Cl3N2O5S. The quantitative estimate of drug-likeness (QED) is 0.388. The second kappa shape index (κ2) is 11.0. The van der Waals surface area contributed by atoms with Crippen molar-refractivity contribution in [3.8, 4) is 11.5 Å². The molecular weight excluding hydrogens is 499 g/mol. The number of nitrogens with zero attached hydrogens (tertiary/aromatic N) is 1. The van der Waals surface area contributed by atoms with E-state index < -0.39 is 5.97 Å². The predicted molar refractivity (Wildman–Crippen MR) is 127 cm³/mol. The number of thioether (sulfide) groups is 1. The van der Waals surface area contributed by atoms with Gasteiger partial charge in [0.1, 0.15) is 0 Å². The Hall–Kier alpha value is -2.39. The molecule has 0 radical (unpaired) electrons. The number of amidine groups is 1. The molecule has 1 N–H and O–H groups in total. The first kappa shape index (κ1) is 24.3. The lowest BCUT2D eigenvalue weighted by Crippen LogP contribution is -2.19. The highest BCUT2D eigenvalue weighted by Gasteiger charge is 2.25. The summed E-state index contributed by atoms with van der Waals surface area (Å²) in [5.41, 5.74) is 1.04. The van der Waals surface area contributed by atoms with Gasteiger partial charge in [-0.15, -0.1) is 0 Å². The molecule has 0 aliphatic carbocycles. The van der Waals surface area contributed by atoms with E-state index in [1.54, 1.807) is 43.3 Å². The molecule has 1 saturated heterocycles. The van der Waals surface area contributed by atoms with Crippen LogP contribution in [0.1, 0.15) is 12.5 Å². The smallest absolute Gasteiger partial charge is 0.343 e. The van der Waals surface area contributed by atoms with Crippen LogP contribution in [0.15, 0.2) is 40.2 Å². The number of hydrogen-bond acceptors (Lipinski definition) is 7. The van der Waals surface area contributed by atoms with E-state index in [0.29, 0.717) is 43.7 Å². The van der Waals surface area contributed by atoms with Crippen molar-refractivity contribution in [1.29, 1.82) is 0 Å². The SMILES string of the molecule is CCOc1cc(/C=C2/SC(=Nc3cccc(Cl)c3Cl)NC2=O)cc(Cl)c1OCC(=O)OC. The molecule has 0 saturated carbocycles. The number of carbonyl (C=O) groups excluding carboxylic acids is 2. The Kier molecular flexibility index (Phi) is 8.31. The van der Waals surface area contributed by atoms with Gasteiger partial charge in [-0.3, -0.25) is 4.79 Å². The van der Waals surface area contributed by atoms with Gasteiger partial charge in [0.2, 0.25) is 0 Å². The molecule has 7 nitrogen and oxygen atoms in total. The fourth-order valence-corrected chi connectivity index (χ4v) is 4.03. The molecule has 3 rings (SSSR count). The van der Waals surface area contributed by atoms with Crippen LogP contribution in [0.2, 0.25) is 15.1 Å². The minimum absolute atomic E-state index is 0.211. The van der Waals surface area contributed by atoms with Gasteiger partial charge in [-0.25, -0.2) is 9.79 Å². The van der Waals surface area contributed by atoms with Crippen molar-refractivity contribution in [3.05, 3.63) is 55.9 Å². The fourth-order valence-electron chi connectivity index (χ4n) is 2.58. The van der Waals surface area contributed by atoms with Crippen LogP contribution in [0.25, 0.3) is 6.08 Å². The van der Waals surface area contributed by atoms with E-state index in [4.69, 9.17) is 44.3 Å². The lowest BCUT2D eigenvalue weighted by atomic mass is 10.2. The van der Waals surface area contributed by atoms with Gasteiger partial charge in [0.05, 0.1) is 39.4 Å². The minimum atomic E-state index is -0.555. The van der Waals surface area contributed by atoms with E-state index in [9.17, 15) is 9.59 Å². The zero-order chi connectivity index (χ0) is 23.3. The van der Waals surface area contributed by atoms with Crippen LogP contribution in [0.3, 0.4) is 0 Å². The maximum atomic E-state index is 12.4. The van der Waals surface area contributed by atoms with E-state index in [2.05, 4.69) is 15.0 Å². The van der Waals surface area contributed by atoms with E-state index in [-0.39, 0.29) is 23.3 Å². The molecule has 1 aliphatic heterocycles. The zero-order valence-electron chi connectivity index (χ0n) is 16.9. The third-order valence-corrected chi connectivity index (χ3v) is 6.00. The Morgan fingerprint density at radius 3 is 2.69 bits per heavy atom. The Morgan fingerprint density at radius 1 is 1.19 bits per heavy atom. The topological polar surface area (TPSA) is 86.2 Å². The molecule has 0 spiro atoms. The van der Waals surface area contributed by atoms with Gasteiger partial charge in [-0.05, 0) is 54.6 Å². The normalized spacial score (nSPS) is 15.7. The van der Waals surface area contributed by atoms with Crippen molar-refractivity contribution in [2.24, 2.45) is 4.99 Å². The number of amides is 1. The van der Waals surface area contributed by atoms with Gasteiger partial charge in [-0.1, -0.05) is 40.9 Å². The number of carbonyl (C=O) groups is 2. The Bertz CT molecular complexity index is 1120. The average Bonchev–Trinajstić information content (AvgIpc) is 3.09. The summed E-state index contributed by atoms with van der Waals surface area (Å²) in [6.07, 6.45) is 1.64. The molecule has 1 aliphatic rings. The highest BCUT2D eigenvalue weighted by Crippen LogP contribution is 2.39. The van der Waals surface area contributed by atoms with Crippen LogP contribution in [-0.2, 0) is 14.3 Å². The van der Waals surface area contributed by atoms with Crippen LogP contribution in [0.4, 0.5) is 5.69 Å². The highest BCUT2D eigenvalue weighted by atomic mass is 35.5. The van der Waals surface area contributed by atoms with Crippen LogP contribution < -0.4 is 14.8 Å². The first-order chi connectivity index (χ1) is 15.3. The van der Waals surface area contributed by atoms with Crippen molar-refractivity contribution >= 4 is 75.4 Å². The molecule has 11 heteroatoms. The summed E-state index contributed by atoms with van der Waals surface area (Å²) in [5.74, 6) is -0.339. The van der Waals surface area contributed by atoms with Crippen LogP contribution in [0, 0.1) is 0 Å². The number of rotatable bonds is 7. The Balaban J connectivity index is 1.87. The summed E-state index contributed by atoms with van der Waals surface area (Å²) < 4.78 is 15.6. The molecule has 1 amide bonds. The number of aliphatic imine (C=N–C) groups is 1. The summed E-state index contributed by atoms with van der Waals surface area (Å²) >= 11 is 19.7. The average molecular weight is 516 g/mol. The van der Waals surface area contributed by atoms with E-state index in [1.807, 2.05) is 0 Å². The second-order valence-electron chi connectivity index (χ2n) is 6.18. The molecule has 32 heavy (non-hydrogen) atoms. The second-order valence-corrected chi connectivity index (χ2v) is 8.41. The maximum Gasteiger partial charge on any atom is 0.343 e. The summed E-state index contributed by atoms with van der Waals surface area (Å²) in [5, 5.41) is 3.93. The van der Waals surface area contributed by atoms with Gasteiger partial charge in [0.15, 0.2) is 23.3 Å². The lowest BCUT2D eigenvalue weighted by Gasteiger charge is -2.14. The number of halogens is 3. The fraction of sp³-hybridized carbons (Fsp3) is 0.190. The maximum absolute atomic E-state index is 12.4. The van der Waals surface area contributed by atoms with Crippen molar-refractivity contribution in [2.75, 3.05) is 20.3 Å². The largest absolute Gasteiger partial charge is 0.490 e. The van der Waals surface area contributed by atoms with Crippen molar-refractivity contribution in [3.63, 3.8) is 0 Å². The molecule has 168 valence electrons. The summed E-state index contributed by atoms with van der Waals surface area (Å²) in [6, 6.07) is 8.31. The first-order valence-electron chi connectivity index (χ1n) is 9.22. The van der Waals surface area contributed by atoms with Crippen LogP contribution >= 0.6 is 46.6 Å². The molecule has 0 atom stereocenters. The van der Waals surface area contributed by atoms with E-state index in [1.165, 1.54) is 7.11 Å². The third-order valence-electron chi connectivity index (χ3n) is 4.00. The number of nitrogens with one attached hydrogen (secondary N) is 1. The standard InChI is InChI=1S/C21H17Cl3N2O5S/c1-3-30-15-8-11(7-13(23)19(15)31-10-17(27)29-2)9-16-20(28)26-21(32-16)25-14-6-4-5-12(22)18(14)24/h4-9H,3,10H2,1-2H3,(H,25,26,28)/b16-9+. The number of esters is 1. The monoisotopic (exact) mass is 514 g/mol. The number of benzene rings is 2. The highest BCUT2D eigenvalue weighted by molar-refractivity contribution is 8.18. The summed E-state index contributed by atoms with van der Waals surface area (Å²) in [6.45, 7) is 1.82. The molecule has 2 aromatic rings. The number of ether oxygens (including phenoxy) is 3. The van der Waals surface area contributed by atoms with Crippen molar-refractivity contribution in [2.45, 2.75) is 6.92 Å². The summed E-state index contributed by atoms with van der Waals surface area (Å²) in [7, 11) is 1.26. The van der Waals surface area contributed by atoms with Gasteiger partial charge in [0.25, 0.3) is 5.91 Å². The Labute approximate surface area is 203 Å². The minimum Gasteiger partial charge on any atom is -0.490 e. The number of methoxy groups -OCH3 is 1. The van der Waals surface area contributed by atoms with E-state index >= 15 is 0 Å². The predicted octanol–water partition coefficient (Wildman–Crippen LogP) is 5.49. The van der Waals surface area contributed by atoms with Gasteiger partial charge >= 0.3 is 5.97 Å². The van der Waals surface area contributed by atoms with Gasteiger partial charge in [0, 0.05) is 0 Å². The van der Waals surface area contributed by atoms with Gasteiger partial charge < -0.3 is 19.5 Å². The summed E-state index contributed by atoms with van der Waals surface area (Å²) in [4.78, 5) is 28.6. The molecule has 2 aromatic carbocycles. The molecule has 1 heterocycles. The molecule has 0 bridgehead atoms. The lowest BCUT2D eigenvalue weighted by molar-refractivity contribution is -0.142. The van der Waals surface area contributed by atoms with Crippen LogP contribution in [-0.4, -0.2) is 37.4 Å². The molecule has 1 fully saturated rings. The third kappa shape index (κ3) is 5.89. The van der Waals surface area contributed by atoms with Crippen molar-refractivity contribution < 1.29 is 23.8 Å². The van der Waals surface area contributed by atoms with Crippen molar-refractivity contribution in [1.82, 2.24) is 5.32 Å². The first-order valence-corrected chi connectivity index (χ1v) is 11.2. The number of hydrogen-bond donors (Lipinski definition) is 1. The van der Waals surface area contributed by atoms with E-state index in [0.717, 1.165) is 11.8 Å². The molecule has 0 aromatic heterocycles. The van der Waals surface area contributed by atoms with Gasteiger partial charge in [-0.2, -0.15) is 0 Å². The zero-order valence-corrected chi connectivity index (χ0v) is 20.0. The molecule has 0 unspecified atom stereocenters.